The molecule has 0 fully saturated rings. The van der Waals surface area contributed by atoms with Crippen molar-refractivity contribution in [3.05, 3.63) is 34.2 Å². The van der Waals surface area contributed by atoms with E-state index < -0.39 is 0 Å². The molecule has 0 aliphatic carbocycles. The van der Waals surface area contributed by atoms with Crippen molar-refractivity contribution in [2.24, 2.45) is 5.18 Å². The Morgan fingerprint density at radius 2 is 2.18 bits per heavy atom. The molecule has 0 radical (unpaired) electrons. The van der Waals surface area contributed by atoms with Crippen molar-refractivity contribution in [2.45, 2.75) is 12.3 Å². The fourth-order valence-corrected chi connectivity index (χ4v) is 1.29. The second-order valence-corrected chi connectivity index (χ2v) is 2.96. The van der Waals surface area contributed by atoms with Crippen LogP contribution in [0.3, 0.4) is 0 Å². The maximum atomic E-state index is 10.2. The second kappa shape index (κ2) is 3.62. The van der Waals surface area contributed by atoms with Crippen molar-refractivity contribution in [2.75, 3.05) is 0 Å². The summed E-state index contributed by atoms with van der Waals surface area (Å²) in [6.45, 7) is 1.95. The van der Waals surface area contributed by atoms with Gasteiger partial charge in [0.1, 0.15) is 5.69 Å². The van der Waals surface area contributed by atoms with Gasteiger partial charge in [0, 0.05) is 5.33 Å². The van der Waals surface area contributed by atoms with E-state index in [4.69, 9.17) is 0 Å². The first-order valence-corrected chi connectivity index (χ1v) is 4.38. The van der Waals surface area contributed by atoms with Crippen LogP contribution >= 0.6 is 15.9 Å². The van der Waals surface area contributed by atoms with E-state index in [-0.39, 0.29) is 0 Å². The van der Waals surface area contributed by atoms with Gasteiger partial charge in [-0.25, -0.2) is 0 Å². The maximum Gasteiger partial charge on any atom is 0.108 e. The third-order valence-electron chi connectivity index (χ3n) is 1.38. The Bertz CT molecular complexity index is 273. The fraction of sp³-hybridized carbons (Fsp3) is 0.250. The molecule has 0 aromatic heterocycles. The van der Waals surface area contributed by atoms with E-state index in [9.17, 15) is 4.91 Å². The van der Waals surface area contributed by atoms with E-state index in [1.165, 1.54) is 0 Å². The molecule has 0 heterocycles. The molecule has 0 amide bonds. The molecule has 0 atom stereocenters. The molecule has 1 aromatic rings. The average Bonchev–Trinajstić information content (AvgIpc) is 2.03. The lowest BCUT2D eigenvalue weighted by Gasteiger charge is -1.97. The third-order valence-corrected chi connectivity index (χ3v) is 2.03. The van der Waals surface area contributed by atoms with Gasteiger partial charge in [0.15, 0.2) is 0 Å². The molecule has 3 heteroatoms. The lowest BCUT2D eigenvalue weighted by atomic mass is 10.1. The van der Waals surface area contributed by atoms with Crippen LogP contribution in [0.15, 0.2) is 23.4 Å². The molecule has 1 rings (SSSR count). The molecule has 1 aromatic carbocycles. The normalized spacial score (nSPS) is 9.64. The van der Waals surface area contributed by atoms with Crippen molar-refractivity contribution in [1.82, 2.24) is 0 Å². The summed E-state index contributed by atoms with van der Waals surface area (Å²) in [6.07, 6.45) is 0. The molecular formula is C8H8BrNO. The van der Waals surface area contributed by atoms with Crippen molar-refractivity contribution in [1.29, 1.82) is 0 Å². The van der Waals surface area contributed by atoms with Crippen molar-refractivity contribution < 1.29 is 0 Å². The monoisotopic (exact) mass is 213 g/mol. The molecule has 2 nitrogen and oxygen atoms in total. The van der Waals surface area contributed by atoms with Gasteiger partial charge >= 0.3 is 0 Å². The SMILES string of the molecule is Cc1cc(CBr)cc(N=O)c1. The molecule has 0 saturated carbocycles. The number of rotatable bonds is 2. The lowest BCUT2D eigenvalue weighted by Crippen LogP contribution is -1.78. The summed E-state index contributed by atoms with van der Waals surface area (Å²) in [4.78, 5) is 10.2. The van der Waals surface area contributed by atoms with E-state index >= 15 is 0 Å². The molecule has 0 saturated heterocycles. The van der Waals surface area contributed by atoms with Gasteiger partial charge in [-0.05, 0) is 35.4 Å². The van der Waals surface area contributed by atoms with Crippen molar-refractivity contribution in [3.8, 4) is 0 Å². The summed E-state index contributed by atoms with van der Waals surface area (Å²) >= 11 is 3.31. The van der Waals surface area contributed by atoms with Crippen LogP contribution in [-0.4, -0.2) is 0 Å². The Hall–Kier alpha value is -0.700. The average molecular weight is 214 g/mol. The highest BCUT2D eigenvalue weighted by molar-refractivity contribution is 9.08. The van der Waals surface area contributed by atoms with Crippen LogP contribution in [0.2, 0.25) is 0 Å². The zero-order valence-corrected chi connectivity index (χ0v) is 7.76. The van der Waals surface area contributed by atoms with Gasteiger partial charge in [0.2, 0.25) is 0 Å². The molecule has 11 heavy (non-hydrogen) atoms. The molecule has 0 unspecified atom stereocenters. The number of hydrogen-bond donors (Lipinski definition) is 0. The van der Waals surface area contributed by atoms with Crippen LogP contribution in [0, 0.1) is 11.8 Å². The zero-order valence-electron chi connectivity index (χ0n) is 6.17. The van der Waals surface area contributed by atoms with E-state index in [1.807, 2.05) is 13.0 Å². The quantitative estimate of drug-likeness (QED) is 0.548. The molecule has 0 N–H and O–H groups in total. The molecule has 0 aliphatic heterocycles. The Kier molecular flexibility index (Phi) is 2.76. The van der Waals surface area contributed by atoms with E-state index in [0.717, 1.165) is 16.5 Å². The predicted octanol–water partition coefficient (Wildman–Crippen LogP) is 3.29. The van der Waals surface area contributed by atoms with Crippen molar-refractivity contribution in [3.63, 3.8) is 0 Å². The highest BCUT2D eigenvalue weighted by Crippen LogP contribution is 2.18. The Balaban J connectivity index is 3.11. The van der Waals surface area contributed by atoms with Crippen molar-refractivity contribution >= 4 is 21.6 Å². The number of alkyl halides is 1. The van der Waals surface area contributed by atoms with Gasteiger partial charge in [0.25, 0.3) is 0 Å². The van der Waals surface area contributed by atoms with Crippen LogP contribution < -0.4 is 0 Å². The smallest absolute Gasteiger partial charge is 0.108 e. The highest BCUT2D eigenvalue weighted by Gasteiger charge is 1.96. The van der Waals surface area contributed by atoms with Crippen LogP contribution in [0.4, 0.5) is 5.69 Å². The summed E-state index contributed by atoms with van der Waals surface area (Å²) in [5, 5.41) is 3.63. The zero-order chi connectivity index (χ0) is 8.27. The largest absolute Gasteiger partial charge is 0.145 e. The highest BCUT2D eigenvalue weighted by atomic mass is 79.9. The number of benzene rings is 1. The van der Waals surface area contributed by atoms with Crippen LogP contribution in [0.25, 0.3) is 0 Å². The molecule has 0 spiro atoms. The predicted molar refractivity (Wildman–Crippen MR) is 49.3 cm³/mol. The Labute approximate surface area is 73.7 Å². The lowest BCUT2D eigenvalue weighted by molar-refractivity contribution is 1.34. The second-order valence-electron chi connectivity index (χ2n) is 2.40. The topological polar surface area (TPSA) is 29.4 Å². The van der Waals surface area contributed by atoms with Crippen LogP contribution in [-0.2, 0) is 5.33 Å². The van der Waals surface area contributed by atoms with Crippen LogP contribution in [0.1, 0.15) is 11.1 Å². The Morgan fingerprint density at radius 3 is 2.73 bits per heavy atom. The minimum absolute atomic E-state index is 0.499. The fourth-order valence-electron chi connectivity index (χ4n) is 0.971. The van der Waals surface area contributed by atoms with E-state index in [2.05, 4.69) is 21.1 Å². The third kappa shape index (κ3) is 2.12. The van der Waals surface area contributed by atoms with E-state index in [1.54, 1.807) is 12.1 Å². The molecule has 58 valence electrons. The minimum Gasteiger partial charge on any atom is -0.145 e. The summed E-state index contributed by atoms with van der Waals surface area (Å²) in [5.41, 5.74) is 2.65. The first-order chi connectivity index (χ1) is 5.26. The number of aryl methyl sites for hydroxylation is 1. The Morgan fingerprint density at radius 1 is 1.45 bits per heavy atom. The molecule has 0 aliphatic rings. The van der Waals surface area contributed by atoms with Gasteiger partial charge < -0.3 is 0 Å². The van der Waals surface area contributed by atoms with Gasteiger partial charge in [-0.15, -0.1) is 4.91 Å². The number of hydrogen-bond acceptors (Lipinski definition) is 2. The van der Waals surface area contributed by atoms with Crippen LogP contribution in [0.5, 0.6) is 0 Å². The van der Waals surface area contributed by atoms with Gasteiger partial charge in [-0.3, -0.25) is 0 Å². The van der Waals surface area contributed by atoms with Gasteiger partial charge in [-0.2, -0.15) is 0 Å². The summed E-state index contributed by atoms with van der Waals surface area (Å²) < 4.78 is 0. The summed E-state index contributed by atoms with van der Waals surface area (Å²) in [6, 6.07) is 5.55. The first-order valence-electron chi connectivity index (χ1n) is 3.26. The number of nitrogens with zero attached hydrogens (tertiary/aromatic N) is 1. The van der Waals surface area contributed by atoms with E-state index in [0.29, 0.717) is 5.69 Å². The summed E-state index contributed by atoms with van der Waals surface area (Å²) in [5.74, 6) is 0. The first kappa shape index (κ1) is 8.40. The molecule has 0 bridgehead atoms. The maximum absolute atomic E-state index is 10.2. The van der Waals surface area contributed by atoms with Gasteiger partial charge in [0.05, 0.1) is 0 Å². The van der Waals surface area contributed by atoms with Gasteiger partial charge in [-0.1, -0.05) is 22.0 Å². The molecular weight excluding hydrogens is 206 g/mol. The minimum atomic E-state index is 0.499. The number of halogens is 1. The summed E-state index contributed by atoms with van der Waals surface area (Å²) in [7, 11) is 0. The number of nitroso groups, excluding NO2 is 1. The standard InChI is InChI=1S/C8H8BrNO/c1-6-2-7(5-9)4-8(3-6)10-11/h2-4H,5H2,1H3.